The molecule has 124 valence electrons. The van der Waals surface area contributed by atoms with E-state index in [1.165, 1.54) is 12.8 Å². The second-order valence-electron chi connectivity index (χ2n) is 6.25. The fourth-order valence-electron chi connectivity index (χ4n) is 1.88. The van der Waals surface area contributed by atoms with E-state index in [0.717, 1.165) is 19.0 Å². The Morgan fingerprint density at radius 2 is 1.43 bits per heavy atom. The fourth-order valence-corrected chi connectivity index (χ4v) is 1.88. The molecule has 5 N–H and O–H groups in total. The summed E-state index contributed by atoms with van der Waals surface area (Å²) in [5.41, 5.74) is 5.21. The molecule has 1 aliphatic rings. The maximum Gasteiger partial charge on any atom is 0.191 e. The molecule has 0 saturated carbocycles. The lowest BCUT2D eigenvalue weighted by atomic mass is 10.3. The summed E-state index contributed by atoms with van der Waals surface area (Å²) in [5.74, 6) is 1.13. The summed E-state index contributed by atoms with van der Waals surface area (Å²) in [6, 6.07) is 1.17. The second-order valence-corrected chi connectivity index (χ2v) is 6.25. The molecule has 1 aliphatic heterocycles. The van der Waals surface area contributed by atoms with Crippen molar-refractivity contribution in [2.24, 2.45) is 10.7 Å². The van der Waals surface area contributed by atoms with E-state index in [1.54, 1.807) is 0 Å². The summed E-state index contributed by atoms with van der Waals surface area (Å²) >= 11 is 0. The largest absolute Gasteiger partial charge is 0.370 e. The molecule has 0 spiro atoms. The molecule has 1 heterocycles. The van der Waals surface area contributed by atoms with Crippen LogP contribution >= 0.6 is 0 Å². The number of likely N-dealkylation sites (tertiary alicyclic amines) is 1. The van der Waals surface area contributed by atoms with E-state index in [0.29, 0.717) is 18.1 Å². The second kappa shape index (κ2) is 10.3. The first-order valence-electron chi connectivity index (χ1n) is 7.92. The van der Waals surface area contributed by atoms with Crippen LogP contribution in [0.3, 0.4) is 0 Å². The summed E-state index contributed by atoms with van der Waals surface area (Å²) in [4.78, 5) is 6.34. The Hall–Kier alpha value is -1.46. The molecule has 0 aromatic heterocycles. The molecule has 0 bridgehead atoms. The van der Waals surface area contributed by atoms with Gasteiger partial charge in [-0.25, -0.2) is 0 Å². The van der Waals surface area contributed by atoms with E-state index in [1.807, 2.05) is 4.90 Å². The molecule has 0 radical (unpaired) electrons. The first kappa shape index (κ1) is 19.5. The highest BCUT2D eigenvalue weighted by molar-refractivity contribution is 5.80. The highest BCUT2D eigenvalue weighted by Crippen LogP contribution is 2.04. The summed E-state index contributed by atoms with van der Waals surface area (Å²) in [6.45, 7) is 14.5. The van der Waals surface area contributed by atoms with Gasteiger partial charge in [-0.15, -0.1) is 0 Å². The number of nitrogens with zero attached hydrogens (tertiary/aromatic N) is 2. The zero-order chi connectivity index (χ0) is 16.4. The van der Waals surface area contributed by atoms with Crippen LogP contribution < -0.4 is 16.4 Å². The number of hydrogen-bond acceptors (Lipinski definition) is 2. The van der Waals surface area contributed by atoms with Gasteiger partial charge in [0.25, 0.3) is 0 Å². The van der Waals surface area contributed by atoms with E-state index in [9.17, 15) is 0 Å². The van der Waals surface area contributed by atoms with Crippen molar-refractivity contribution in [3.8, 4) is 0 Å². The number of hydrogen-bond donors (Lipinski definition) is 4. The molecule has 0 atom stereocenters. The average Bonchev–Trinajstić information content (AvgIpc) is 2.79. The van der Waals surface area contributed by atoms with Crippen LogP contribution in [-0.4, -0.2) is 48.0 Å². The van der Waals surface area contributed by atoms with Crippen LogP contribution in [0.1, 0.15) is 54.4 Å². The smallest absolute Gasteiger partial charge is 0.191 e. The Balaban J connectivity index is 0.000000423. The van der Waals surface area contributed by atoms with Crippen molar-refractivity contribution in [3.05, 3.63) is 0 Å². The number of nitrogens with two attached hydrogens (primary N) is 1. The van der Waals surface area contributed by atoms with Crippen molar-refractivity contribution in [2.45, 2.75) is 72.5 Å². The van der Waals surface area contributed by atoms with Gasteiger partial charge in [0.1, 0.15) is 0 Å². The molecule has 6 nitrogen and oxygen atoms in total. The highest BCUT2D eigenvalue weighted by Gasteiger charge is 2.10. The highest BCUT2D eigenvalue weighted by atomic mass is 15.2. The monoisotopic (exact) mass is 298 g/mol. The maximum absolute atomic E-state index is 7.00. The Labute approximate surface area is 130 Å². The molecule has 1 fully saturated rings. The Morgan fingerprint density at radius 1 is 1.00 bits per heavy atom. The minimum Gasteiger partial charge on any atom is -0.370 e. The van der Waals surface area contributed by atoms with Gasteiger partial charge >= 0.3 is 0 Å². The zero-order valence-corrected chi connectivity index (χ0v) is 14.5. The van der Waals surface area contributed by atoms with Crippen molar-refractivity contribution in [3.63, 3.8) is 0 Å². The Morgan fingerprint density at radius 3 is 1.67 bits per heavy atom. The summed E-state index contributed by atoms with van der Waals surface area (Å²) in [5, 5.41) is 13.6. The van der Waals surface area contributed by atoms with Crippen molar-refractivity contribution in [1.29, 1.82) is 5.41 Å². The number of guanidine groups is 2. The van der Waals surface area contributed by atoms with E-state index in [4.69, 9.17) is 11.1 Å². The van der Waals surface area contributed by atoms with Gasteiger partial charge in [-0.05, 0) is 54.4 Å². The molecular formula is C15H34N6. The molecule has 1 rings (SSSR count). The van der Waals surface area contributed by atoms with Gasteiger partial charge in [-0.3, -0.25) is 10.4 Å². The predicted octanol–water partition coefficient (Wildman–Crippen LogP) is 1.72. The standard InChI is InChI=1S/C10H23N3.C5H11N3/c1-7(2)11-10(12-8(3)4)13-9(5)6;6-5(7)8-3-1-2-4-8/h7-9H,1-6H3,(H2,11,12,13);1-4H2,(H3,6,7). The van der Waals surface area contributed by atoms with Crippen LogP contribution in [0.5, 0.6) is 0 Å². The SMILES string of the molecule is CC(C)N=C(NC(C)C)NC(C)C.N=C(N)N1CCCC1. The normalized spacial score (nSPS) is 14.0. The lowest BCUT2D eigenvalue weighted by Crippen LogP contribution is -2.44. The number of rotatable bonds is 3. The van der Waals surface area contributed by atoms with Crippen molar-refractivity contribution in [2.75, 3.05) is 13.1 Å². The van der Waals surface area contributed by atoms with Gasteiger partial charge in [-0.1, -0.05) is 0 Å². The van der Waals surface area contributed by atoms with Gasteiger partial charge in [-0.2, -0.15) is 0 Å². The van der Waals surface area contributed by atoms with E-state index in [-0.39, 0.29) is 5.96 Å². The fraction of sp³-hybridized carbons (Fsp3) is 0.867. The molecule has 0 amide bonds. The molecule has 1 saturated heterocycles. The number of aliphatic imine (C=N–C) groups is 1. The van der Waals surface area contributed by atoms with Gasteiger partial charge in [0, 0.05) is 31.2 Å². The molecular weight excluding hydrogens is 264 g/mol. The van der Waals surface area contributed by atoms with Crippen LogP contribution in [0.15, 0.2) is 4.99 Å². The van der Waals surface area contributed by atoms with E-state index < -0.39 is 0 Å². The summed E-state index contributed by atoms with van der Waals surface area (Å²) in [6.07, 6.45) is 2.39. The van der Waals surface area contributed by atoms with E-state index in [2.05, 4.69) is 57.2 Å². The van der Waals surface area contributed by atoms with Crippen molar-refractivity contribution >= 4 is 11.9 Å². The van der Waals surface area contributed by atoms with Crippen LogP contribution in [0.25, 0.3) is 0 Å². The molecule has 0 unspecified atom stereocenters. The first-order chi connectivity index (χ1) is 9.72. The van der Waals surface area contributed by atoms with E-state index >= 15 is 0 Å². The van der Waals surface area contributed by atoms with Gasteiger partial charge in [0.15, 0.2) is 11.9 Å². The Kier molecular flexibility index (Phi) is 9.58. The van der Waals surface area contributed by atoms with Crippen LogP contribution in [0.2, 0.25) is 0 Å². The number of nitrogens with one attached hydrogen (secondary N) is 3. The molecule has 21 heavy (non-hydrogen) atoms. The summed E-state index contributed by atoms with van der Waals surface area (Å²) in [7, 11) is 0. The third kappa shape index (κ3) is 10.9. The third-order valence-corrected chi connectivity index (χ3v) is 2.68. The molecule has 0 aromatic rings. The average molecular weight is 298 g/mol. The van der Waals surface area contributed by atoms with Gasteiger partial charge < -0.3 is 21.3 Å². The third-order valence-electron chi connectivity index (χ3n) is 2.68. The Bertz CT molecular complexity index is 304. The topological polar surface area (TPSA) is 89.5 Å². The van der Waals surface area contributed by atoms with Crippen molar-refractivity contribution < 1.29 is 0 Å². The first-order valence-corrected chi connectivity index (χ1v) is 7.92. The summed E-state index contributed by atoms with van der Waals surface area (Å²) < 4.78 is 0. The lowest BCUT2D eigenvalue weighted by Gasteiger charge is -2.18. The van der Waals surface area contributed by atoms with Gasteiger partial charge in [0.05, 0.1) is 0 Å². The van der Waals surface area contributed by atoms with Crippen LogP contribution in [0, 0.1) is 5.41 Å². The lowest BCUT2D eigenvalue weighted by molar-refractivity contribution is 0.509. The minimum absolute atomic E-state index is 0.225. The predicted molar refractivity (Wildman–Crippen MR) is 91.8 cm³/mol. The van der Waals surface area contributed by atoms with Gasteiger partial charge in [0.2, 0.25) is 0 Å². The minimum atomic E-state index is 0.225. The molecule has 6 heteroatoms. The van der Waals surface area contributed by atoms with Crippen LogP contribution in [0.4, 0.5) is 0 Å². The molecule has 0 aromatic carbocycles. The molecule has 0 aliphatic carbocycles. The quantitative estimate of drug-likeness (QED) is 0.472. The maximum atomic E-state index is 7.00. The van der Waals surface area contributed by atoms with Crippen LogP contribution in [-0.2, 0) is 0 Å². The van der Waals surface area contributed by atoms with Crippen molar-refractivity contribution in [1.82, 2.24) is 15.5 Å². The zero-order valence-electron chi connectivity index (χ0n) is 14.5.